The van der Waals surface area contributed by atoms with Crippen LogP contribution in [0.5, 0.6) is 11.5 Å². The molecule has 1 aliphatic heterocycles. The van der Waals surface area contributed by atoms with Gasteiger partial charge in [0.2, 0.25) is 11.8 Å². The number of hydrogen-bond donors (Lipinski definition) is 2. The number of imide groups is 1. The summed E-state index contributed by atoms with van der Waals surface area (Å²) in [5.74, 6) is 0.964. The minimum Gasteiger partial charge on any atom is -0.497 e. The smallest absolute Gasteiger partial charge is 0.243 e. The van der Waals surface area contributed by atoms with Crippen molar-refractivity contribution in [3.05, 3.63) is 23.8 Å². The topological polar surface area (TPSA) is 76.7 Å². The Morgan fingerprint density at radius 3 is 2.75 bits per heavy atom. The molecule has 6 heteroatoms. The fraction of sp³-hybridized carbons (Fsp3) is 0.429. The Morgan fingerprint density at radius 1 is 1.30 bits per heavy atom. The first-order valence-electron chi connectivity index (χ1n) is 6.42. The lowest BCUT2D eigenvalue weighted by molar-refractivity contribution is -0.134. The van der Waals surface area contributed by atoms with E-state index in [2.05, 4.69) is 10.6 Å². The molecule has 0 spiro atoms. The molecule has 1 aromatic carbocycles. The van der Waals surface area contributed by atoms with Crippen LogP contribution in [0, 0.1) is 0 Å². The van der Waals surface area contributed by atoms with Gasteiger partial charge in [-0.2, -0.15) is 0 Å². The van der Waals surface area contributed by atoms with Gasteiger partial charge in [-0.05, 0) is 24.6 Å². The van der Waals surface area contributed by atoms with Gasteiger partial charge in [0.15, 0.2) is 0 Å². The summed E-state index contributed by atoms with van der Waals surface area (Å²) in [5, 5.41) is 5.45. The molecule has 1 atom stereocenters. The van der Waals surface area contributed by atoms with Crippen molar-refractivity contribution >= 4 is 11.8 Å². The Kier molecular flexibility index (Phi) is 4.57. The maximum Gasteiger partial charge on any atom is 0.243 e. The van der Waals surface area contributed by atoms with Crippen LogP contribution in [-0.4, -0.2) is 32.1 Å². The zero-order chi connectivity index (χ0) is 14.5. The number of methoxy groups -OCH3 is 2. The van der Waals surface area contributed by atoms with E-state index < -0.39 is 0 Å². The summed E-state index contributed by atoms with van der Waals surface area (Å²) in [6.45, 7) is 0.465. The molecule has 6 nitrogen and oxygen atoms in total. The monoisotopic (exact) mass is 278 g/mol. The maximum absolute atomic E-state index is 11.7. The van der Waals surface area contributed by atoms with Crippen molar-refractivity contribution in [3.8, 4) is 11.5 Å². The van der Waals surface area contributed by atoms with Gasteiger partial charge in [-0.3, -0.25) is 14.9 Å². The lowest BCUT2D eigenvalue weighted by atomic mass is 10.1. The van der Waals surface area contributed by atoms with Crippen molar-refractivity contribution in [1.29, 1.82) is 0 Å². The minimum absolute atomic E-state index is 0.216. The zero-order valence-corrected chi connectivity index (χ0v) is 11.6. The number of carbonyl (C=O) groups is 2. The van der Waals surface area contributed by atoms with Crippen molar-refractivity contribution in [2.45, 2.75) is 25.4 Å². The molecule has 1 unspecified atom stereocenters. The largest absolute Gasteiger partial charge is 0.497 e. The third-order valence-corrected chi connectivity index (χ3v) is 3.27. The van der Waals surface area contributed by atoms with Crippen molar-refractivity contribution in [3.63, 3.8) is 0 Å². The van der Waals surface area contributed by atoms with Crippen LogP contribution in [0.15, 0.2) is 18.2 Å². The Morgan fingerprint density at radius 2 is 2.10 bits per heavy atom. The molecule has 1 heterocycles. The molecule has 2 N–H and O–H groups in total. The Labute approximate surface area is 117 Å². The number of piperidine rings is 1. The maximum atomic E-state index is 11.7. The molecule has 0 aliphatic carbocycles. The number of amides is 2. The van der Waals surface area contributed by atoms with Crippen LogP contribution in [0.4, 0.5) is 0 Å². The molecule has 108 valence electrons. The number of benzene rings is 1. The molecule has 1 fully saturated rings. The highest BCUT2D eigenvalue weighted by Crippen LogP contribution is 2.24. The van der Waals surface area contributed by atoms with E-state index in [1.165, 1.54) is 0 Å². The number of carbonyl (C=O) groups excluding carboxylic acids is 2. The van der Waals surface area contributed by atoms with E-state index in [4.69, 9.17) is 9.47 Å². The standard InChI is InChI=1S/C14H18N2O4/c1-19-10-3-5-12(20-2)9(7-10)8-15-11-4-6-13(17)16-14(11)18/h3,5,7,11,15H,4,6,8H2,1-2H3,(H,16,17,18). The van der Waals surface area contributed by atoms with Gasteiger partial charge in [-0.1, -0.05) is 0 Å². The van der Waals surface area contributed by atoms with Gasteiger partial charge in [0.05, 0.1) is 20.3 Å². The van der Waals surface area contributed by atoms with Crippen molar-refractivity contribution < 1.29 is 19.1 Å². The van der Waals surface area contributed by atoms with E-state index in [1.54, 1.807) is 14.2 Å². The number of rotatable bonds is 5. The summed E-state index contributed by atoms with van der Waals surface area (Å²) in [7, 11) is 3.19. The molecular formula is C14H18N2O4. The first-order chi connectivity index (χ1) is 9.63. The highest BCUT2D eigenvalue weighted by molar-refractivity contribution is 6.00. The normalized spacial score (nSPS) is 18.6. The second-order valence-corrected chi connectivity index (χ2v) is 4.56. The molecule has 1 aromatic rings. The predicted octanol–water partition coefficient (Wildman–Crippen LogP) is 0.599. The Bertz CT molecular complexity index is 516. The molecule has 2 amide bonds. The van der Waals surface area contributed by atoms with Crippen LogP contribution in [-0.2, 0) is 16.1 Å². The highest BCUT2D eigenvalue weighted by atomic mass is 16.5. The fourth-order valence-corrected chi connectivity index (χ4v) is 2.14. The number of nitrogens with one attached hydrogen (secondary N) is 2. The van der Waals surface area contributed by atoms with Crippen LogP contribution in [0.1, 0.15) is 18.4 Å². The van der Waals surface area contributed by atoms with Gasteiger partial charge in [-0.25, -0.2) is 0 Å². The molecule has 0 aromatic heterocycles. The van der Waals surface area contributed by atoms with Gasteiger partial charge in [0, 0.05) is 18.5 Å². The second kappa shape index (κ2) is 6.38. The molecule has 0 radical (unpaired) electrons. The van der Waals surface area contributed by atoms with Crippen molar-refractivity contribution in [1.82, 2.24) is 10.6 Å². The lowest BCUT2D eigenvalue weighted by Crippen LogP contribution is -2.50. The molecule has 0 bridgehead atoms. The van der Waals surface area contributed by atoms with Gasteiger partial charge in [-0.15, -0.1) is 0 Å². The van der Waals surface area contributed by atoms with Crippen LogP contribution in [0.25, 0.3) is 0 Å². The van der Waals surface area contributed by atoms with Crippen LogP contribution >= 0.6 is 0 Å². The van der Waals surface area contributed by atoms with Crippen molar-refractivity contribution in [2.24, 2.45) is 0 Å². The van der Waals surface area contributed by atoms with Crippen LogP contribution in [0.3, 0.4) is 0 Å². The average molecular weight is 278 g/mol. The van der Waals surface area contributed by atoms with E-state index in [9.17, 15) is 9.59 Å². The first kappa shape index (κ1) is 14.3. The van der Waals surface area contributed by atoms with E-state index in [0.717, 1.165) is 17.1 Å². The third kappa shape index (κ3) is 3.27. The fourth-order valence-electron chi connectivity index (χ4n) is 2.14. The summed E-state index contributed by atoms with van der Waals surface area (Å²) >= 11 is 0. The summed E-state index contributed by atoms with van der Waals surface area (Å²) < 4.78 is 10.5. The van der Waals surface area contributed by atoms with Gasteiger partial charge < -0.3 is 14.8 Å². The summed E-state index contributed by atoms with van der Waals surface area (Å²) in [4.78, 5) is 22.7. The van der Waals surface area contributed by atoms with Crippen LogP contribution in [0.2, 0.25) is 0 Å². The summed E-state index contributed by atoms with van der Waals surface area (Å²) in [6.07, 6.45) is 0.871. The van der Waals surface area contributed by atoms with Crippen LogP contribution < -0.4 is 20.1 Å². The van der Waals surface area contributed by atoms with Gasteiger partial charge in [0.25, 0.3) is 0 Å². The molecule has 20 heavy (non-hydrogen) atoms. The lowest BCUT2D eigenvalue weighted by Gasteiger charge is -2.22. The van der Waals surface area contributed by atoms with Crippen molar-refractivity contribution in [2.75, 3.05) is 14.2 Å². The number of hydrogen-bond acceptors (Lipinski definition) is 5. The van der Waals surface area contributed by atoms with E-state index in [0.29, 0.717) is 19.4 Å². The molecule has 0 saturated carbocycles. The van der Waals surface area contributed by atoms with Gasteiger partial charge in [0.1, 0.15) is 11.5 Å². The number of ether oxygens (including phenoxy) is 2. The molecule has 1 saturated heterocycles. The molecular weight excluding hydrogens is 260 g/mol. The summed E-state index contributed by atoms with van der Waals surface area (Å²) in [5.41, 5.74) is 0.900. The van der Waals surface area contributed by atoms with E-state index in [1.807, 2.05) is 18.2 Å². The predicted molar refractivity (Wildman–Crippen MR) is 72.6 cm³/mol. The third-order valence-electron chi connectivity index (χ3n) is 3.27. The Hall–Kier alpha value is -2.08. The molecule has 1 aliphatic rings. The van der Waals surface area contributed by atoms with E-state index in [-0.39, 0.29) is 17.9 Å². The van der Waals surface area contributed by atoms with E-state index >= 15 is 0 Å². The minimum atomic E-state index is -0.358. The van der Waals surface area contributed by atoms with Gasteiger partial charge >= 0.3 is 0 Å². The SMILES string of the molecule is COc1ccc(OC)c(CNC2CCC(=O)NC2=O)c1. The zero-order valence-electron chi connectivity index (χ0n) is 11.6. The highest BCUT2D eigenvalue weighted by Gasteiger charge is 2.26. The Balaban J connectivity index is 2.02. The second-order valence-electron chi connectivity index (χ2n) is 4.56. The average Bonchev–Trinajstić information content (AvgIpc) is 2.46. The first-order valence-corrected chi connectivity index (χ1v) is 6.42. The summed E-state index contributed by atoms with van der Waals surface area (Å²) in [6, 6.07) is 5.13. The quantitative estimate of drug-likeness (QED) is 0.771. The molecule has 2 rings (SSSR count).